The van der Waals surface area contributed by atoms with Crippen LogP contribution in [0.4, 0.5) is 0 Å². The first-order valence-corrected chi connectivity index (χ1v) is 18.2. The standard InChI is InChI=1S/2C12H25.CH3NS2.Zn/c2*1-3-5-7-9-11-12-10-8-6-4-2;2-1(3)4;/h2*1,3-12H2,2H3;(H3,2,3,4);. The number of nitrogens with two attached hydrogens (primary N) is 1. The minimum atomic E-state index is -0.112. The molecule has 4 heteroatoms. The van der Waals surface area contributed by atoms with Crippen molar-refractivity contribution >= 4 is 29.2 Å². The quantitative estimate of drug-likeness (QED) is 0.0674. The zero-order valence-corrected chi connectivity index (χ0v) is 24.9. The molecule has 0 aliphatic carbocycles. The van der Waals surface area contributed by atoms with Crippen molar-refractivity contribution in [2.75, 3.05) is 0 Å². The number of hydrogen-bond donors (Lipinski definition) is 2. The fraction of sp³-hybridized carbons (Fsp3) is 0.960. The molecule has 0 aliphatic rings. The van der Waals surface area contributed by atoms with Crippen LogP contribution in [0.25, 0.3) is 0 Å². The Balaban J connectivity index is 0. The van der Waals surface area contributed by atoms with Crippen molar-refractivity contribution in [3.63, 3.8) is 0 Å². The molecule has 0 heterocycles. The van der Waals surface area contributed by atoms with Gasteiger partial charge in [0.25, 0.3) is 0 Å². The summed E-state index contributed by atoms with van der Waals surface area (Å²) in [4.78, 5) is 0. The SMILES string of the molecule is CCCCCCCCCCC[CH2][Zn][CH2]CCCCCCCCCCC.NC(=S)S. The Morgan fingerprint density at radius 3 is 1.00 bits per heavy atom. The fourth-order valence-corrected chi connectivity index (χ4v) is 7.57. The van der Waals surface area contributed by atoms with Gasteiger partial charge < -0.3 is 5.73 Å². The molecular formula is C25H53NS2Zn. The first kappa shape index (κ1) is 32.0. The summed E-state index contributed by atoms with van der Waals surface area (Å²) in [6, 6.07) is 0. The Kier molecular flexibility index (Phi) is 34.3. The van der Waals surface area contributed by atoms with Crippen LogP contribution in [0.1, 0.15) is 142 Å². The Hall–Kier alpha value is 0.863. The van der Waals surface area contributed by atoms with Gasteiger partial charge in [0.05, 0.1) is 0 Å². The normalized spacial score (nSPS) is 10.3. The number of thiocarbonyl (C=S) groups is 1. The molecule has 0 spiro atoms. The van der Waals surface area contributed by atoms with E-state index >= 15 is 0 Å². The summed E-state index contributed by atoms with van der Waals surface area (Å²) in [5.41, 5.74) is 4.71. The average Bonchev–Trinajstić information content (AvgIpc) is 2.69. The molecule has 0 saturated carbocycles. The van der Waals surface area contributed by atoms with Gasteiger partial charge in [-0.3, -0.25) is 0 Å². The summed E-state index contributed by atoms with van der Waals surface area (Å²) in [7, 11) is 0. The van der Waals surface area contributed by atoms with Crippen LogP contribution < -0.4 is 5.73 Å². The van der Waals surface area contributed by atoms with Crippen molar-refractivity contribution in [1.29, 1.82) is 0 Å². The van der Waals surface area contributed by atoms with E-state index in [1.54, 1.807) is 22.9 Å². The smallest absolute Gasteiger partial charge is 0.385 e. The molecule has 0 atom stereocenters. The van der Waals surface area contributed by atoms with Crippen LogP contribution in [-0.2, 0) is 17.1 Å². The van der Waals surface area contributed by atoms with E-state index in [2.05, 4.69) is 38.7 Å². The molecular weight excluding hydrogens is 444 g/mol. The summed E-state index contributed by atoms with van der Waals surface area (Å²) >= 11 is 7.54. The van der Waals surface area contributed by atoms with Crippen LogP contribution in [0.15, 0.2) is 0 Å². The number of thiol groups is 1. The molecule has 172 valence electrons. The molecule has 0 amide bonds. The van der Waals surface area contributed by atoms with E-state index < -0.39 is 0 Å². The monoisotopic (exact) mass is 495 g/mol. The topological polar surface area (TPSA) is 26.0 Å². The van der Waals surface area contributed by atoms with Crippen LogP contribution in [0, 0.1) is 0 Å². The summed E-state index contributed by atoms with van der Waals surface area (Å²) < 4.78 is 0.194. The molecule has 0 bridgehead atoms. The zero-order chi connectivity index (χ0) is 21.8. The van der Waals surface area contributed by atoms with Crippen LogP contribution in [0.2, 0.25) is 10.0 Å². The zero-order valence-electron chi connectivity index (χ0n) is 20.2. The molecule has 1 nitrogen and oxygen atoms in total. The van der Waals surface area contributed by atoms with E-state index in [1.807, 2.05) is 0 Å². The maximum absolute atomic E-state index is 4.71. The van der Waals surface area contributed by atoms with Gasteiger partial charge in [-0.25, -0.2) is 0 Å². The van der Waals surface area contributed by atoms with E-state index in [0.717, 1.165) is 0 Å². The first-order chi connectivity index (χ1) is 14.1. The van der Waals surface area contributed by atoms with Crippen molar-refractivity contribution in [3.05, 3.63) is 0 Å². The Labute approximate surface area is 203 Å². The molecule has 0 aromatic carbocycles. The second-order valence-corrected chi connectivity index (χ2v) is 14.4. The van der Waals surface area contributed by atoms with E-state index in [4.69, 9.17) is 5.73 Å². The summed E-state index contributed by atoms with van der Waals surface area (Å²) in [6.07, 6.45) is 29.9. The maximum atomic E-state index is 4.71. The van der Waals surface area contributed by atoms with Gasteiger partial charge in [0, 0.05) is 0 Å². The first-order valence-electron chi connectivity index (χ1n) is 13.1. The third kappa shape index (κ3) is 39.8. The minimum Gasteiger partial charge on any atom is -0.385 e. The van der Waals surface area contributed by atoms with Gasteiger partial charge in [0.2, 0.25) is 0 Å². The van der Waals surface area contributed by atoms with Gasteiger partial charge in [-0.15, -0.1) is 12.6 Å². The van der Waals surface area contributed by atoms with Gasteiger partial charge in [-0.2, -0.15) is 0 Å². The Morgan fingerprint density at radius 2 is 0.759 bits per heavy atom. The molecule has 2 N–H and O–H groups in total. The summed E-state index contributed by atoms with van der Waals surface area (Å²) in [6.45, 7) is 4.61. The van der Waals surface area contributed by atoms with E-state index in [0.29, 0.717) is 0 Å². The van der Waals surface area contributed by atoms with Crippen molar-refractivity contribution in [1.82, 2.24) is 0 Å². The van der Waals surface area contributed by atoms with Gasteiger partial charge in [0.15, 0.2) is 0 Å². The third-order valence-electron chi connectivity index (χ3n) is 5.71. The van der Waals surface area contributed by atoms with Crippen molar-refractivity contribution in [3.8, 4) is 0 Å². The molecule has 0 saturated heterocycles. The summed E-state index contributed by atoms with van der Waals surface area (Å²) in [5.74, 6) is 0. The van der Waals surface area contributed by atoms with Gasteiger partial charge in [-0.1, -0.05) is 12.2 Å². The Bertz CT molecular complexity index is 275. The molecule has 0 aliphatic heterocycles. The molecule has 0 radical (unpaired) electrons. The van der Waals surface area contributed by atoms with Crippen molar-refractivity contribution in [2.45, 2.75) is 152 Å². The van der Waals surface area contributed by atoms with E-state index in [-0.39, 0.29) is 21.4 Å². The van der Waals surface area contributed by atoms with Crippen molar-refractivity contribution in [2.24, 2.45) is 5.73 Å². The predicted octanol–water partition coefficient (Wildman–Crippen LogP) is 9.91. The molecule has 29 heavy (non-hydrogen) atoms. The average molecular weight is 497 g/mol. The molecule has 0 aromatic rings. The van der Waals surface area contributed by atoms with Crippen LogP contribution in [0.3, 0.4) is 0 Å². The third-order valence-corrected chi connectivity index (χ3v) is 9.90. The van der Waals surface area contributed by atoms with Gasteiger partial charge in [-0.05, 0) is 0 Å². The Morgan fingerprint density at radius 1 is 0.552 bits per heavy atom. The second-order valence-electron chi connectivity index (χ2n) is 8.76. The fourth-order valence-electron chi connectivity index (χ4n) is 3.86. The minimum absolute atomic E-state index is 0.112. The molecule has 0 unspecified atom stereocenters. The molecule has 0 rings (SSSR count). The van der Waals surface area contributed by atoms with Gasteiger partial charge in [0.1, 0.15) is 4.32 Å². The second kappa shape index (κ2) is 31.1. The van der Waals surface area contributed by atoms with Crippen molar-refractivity contribution < 1.29 is 17.1 Å². The predicted molar refractivity (Wildman–Crippen MR) is 139 cm³/mol. The van der Waals surface area contributed by atoms with Crippen LogP contribution in [0.5, 0.6) is 0 Å². The number of rotatable bonds is 22. The van der Waals surface area contributed by atoms with Gasteiger partial charge >= 0.3 is 169 Å². The van der Waals surface area contributed by atoms with Crippen LogP contribution >= 0.6 is 24.8 Å². The molecule has 0 fully saturated rings. The van der Waals surface area contributed by atoms with Crippen LogP contribution in [-0.4, -0.2) is 4.32 Å². The number of hydrogen-bond acceptors (Lipinski definition) is 1. The van der Waals surface area contributed by atoms with E-state index in [9.17, 15) is 0 Å². The van der Waals surface area contributed by atoms with E-state index in [1.165, 1.54) is 116 Å². The number of unbranched alkanes of at least 4 members (excludes halogenated alkanes) is 18. The molecule has 0 aromatic heterocycles. The summed E-state index contributed by atoms with van der Waals surface area (Å²) in [5, 5.41) is 3.36.